The highest BCUT2D eigenvalue weighted by Crippen LogP contribution is 2.29. The van der Waals surface area contributed by atoms with Crippen LogP contribution in [0.3, 0.4) is 0 Å². The van der Waals surface area contributed by atoms with Crippen molar-refractivity contribution in [2.75, 3.05) is 30.8 Å². The lowest BCUT2D eigenvalue weighted by molar-refractivity contribution is 0.321. The van der Waals surface area contributed by atoms with Crippen LogP contribution in [0.15, 0.2) is 42.5 Å². The van der Waals surface area contributed by atoms with Crippen LogP contribution >= 0.6 is 0 Å². The number of nitrogens with two attached hydrogens (primary N) is 1. The first-order valence-corrected chi connectivity index (χ1v) is 8.04. The molecule has 1 aliphatic rings. The Hall–Kier alpha value is -2.16. The van der Waals surface area contributed by atoms with E-state index >= 15 is 0 Å². The number of likely N-dealkylation sites (N-methyl/N-ethyl adjacent to an activating group) is 1. The molecule has 0 atom stereocenters. The molecule has 0 aromatic heterocycles. The van der Waals surface area contributed by atoms with Crippen molar-refractivity contribution in [1.82, 2.24) is 0 Å². The SMILES string of the molecule is CN(CCOc1cccc2c1CCCC2)c1ccc(N)cc1. The molecule has 0 radical (unpaired) electrons. The van der Waals surface area contributed by atoms with Crippen molar-refractivity contribution in [3.05, 3.63) is 53.6 Å². The van der Waals surface area contributed by atoms with Gasteiger partial charge in [0.25, 0.3) is 0 Å². The lowest BCUT2D eigenvalue weighted by Crippen LogP contribution is -2.24. The fourth-order valence-electron chi connectivity index (χ4n) is 3.03. The number of fused-ring (bicyclic) bond motifs is 1. The van der Waals surface area contributed by atoms with Crippen molar-refractivity contribution in [3.63, 3.8) is 0 Å². The van der Waals surface area contributed by atoms with Gasteiger partial charge in [0.05, 0.1) is 6.54 Å². The van der Waals surface area contributed by atoms with Gasteiger partial charge in [0, 0.05) is 18.4 Å². The van der Waals surface area contributed by atoms with E-state index in [1.807, 2.05) is 24.3 Å². The molecule has 0 fully saturated rings. The zero-order valence-electron chi connectivity index (χ0n) is 13.2. The third kappa shape index (κ3) is 3.35. The fraction of sp³-hybridized carbons (Fsp3) is 0.368. The first-order chi connectivity index (χ1) is 10.7. The second-order valence-corrected chi connectivity index (χ2v) is 5.96. The topological polar surface area (TPSA) is 38.5 Å². The van der Waals surface area contributed by atoms with Crippen LogP contribution < -0.4 is 15.4 Å². The third-order valence-electron chi connectivity index (χ3n) is 4.37. The standard InChI is InChI=1S/C19H24N2O/c1-21(17-11-9-16(20)10-12-17)13-14-22-19-8-4-6-15-5-2-3-7-18(15)19/h4,6,8-12H,2-3,5,7,13-14,20H2,1H3. The number of rotatable bonds is 5. The summed E-state index contributed by atoms with van der Waals surface area (Å²) in [5, 5.41) is 0. The van der Waals surface area contributed by atoms with E-state index in [1.54, 1.807) is 0 Å². The minimum atomic E-state index is 0.692. The van der Waals surface area contributed by atoms with E-state index in [9.17, 15) is 0 Å². The average Bonchev–Trinajstić information content (AvgIpc) is 2.55. The Morgan fingerprint density at radius 2 is 1.82 bits per heavy atom. The molecule has 0 amide bonds. The van der Waals surface area contributed by atoms with Gasteiger partial charge in [-0.3, -0.25) is 0 Å². The maximum atomic E-state index is 6.05. The Kier molecular flexibility index (Phi) is 4.52. The smallest absolute Gasteiger partial charge is 0.122 e. The predicted molar refractivity (Wildman–Crippen MR) is 92.7 cm³/mol. The number of benzene rings is 2. The summed E-state index contributed by atoms with van der Waals surface area (Å²) in [6.07, 6.45) is 4.92. The van der Waals surface area contributed by atoms with Gasteiger partial charge in [0.1, 0.15) is 12.4 Å². The molecule has 3 rings (SSSR count). The van der Waals surface area contributed by atoms with Gasteiger partial charge >= 0.3 is 0 Å². The molecule has 3 heteroatoms. The molecule has 22 heavy (non-hydrogen) atoms. The van der Waals surface area contributed by atoms with Crippen LogP contribution in [-0.4, -0.2) is 20.2 Å². The van der Waals surface area contributed by atoms with Crippen molar-refractivity contribution >= 4 is 11.4 Å². The fourth-order valence-corrected chi connectivity index (χ4v) is 3.03. The van der Waals surface area contributed by atoms with E-state index in [4.69, 9.17) is 10.5 Å². The molecule has 1 aliphatic carbocycles. The zero-order valence-corrected chi connectivity index (χ0v) is 13.2. The van der Waals surface area contributed by atoms with Crippen LogP contribution in [0, 0.1) is 0 Å². The molecule has 0 saturated carbocycles. The Morgan fingerprint density at radius 1 is 1.05 bits per heavy atom. The van der Waals surface area contributed by atoms with Crippen molar-refractivity contribution < 1.29 is 4.74 Å². The van der Waals surface area contributed by atoms with Crippen LogP contribution in [0.2, 0.25) is 0 Å². The Balaban J connectivity index is 1.58. The number of nitrogens with zero attached hydrogens (tertiary/aromatic N) is 1. The van der Waals surface area contributed by atoms with Gasteiger partial charge in [0.15, 0.2) is 0 Å². The molecular formula is C19H24N2O. The summed E-state index contributed by atoms with van der Waals surface area (Å²) < 4.78 is 6.05. The van der Waals surface area contributed by atoms with Crippen molar-refractivity contribution in [3.8, 4) is 5.75 Å². The maximum absolute atomic E-state index is 6.05. The summed E-state index contributed by atoms with van der Waals surface area (Å²) in [6.45, 7) is 1.55. The monoisotopic (exact) mass is 296 g/mol. The Bertz CT molecular complexity index is 622. The molecule has 3 nitrogen and oxygen atoms in total. The maximum Gasteiger partial charge on any atom is 0.122 e. The lowest BCUT2D eigenvalue weighted by atomic mass is 9.91. The molecule has 2 aromatic rings. The molecular weight excluding hydrogens is 272 g/mol. The molecule has 0 spiro atoms. The molecule has 0 heterocycles. The van der Waals surface area contributed by atoms with E-state index in [-0.39, 0.29) is 0 Å². The van der Waals surface area contributed by atoms with E-state index in [0.717, 1.165) is 30.1 Å². The highest BCUT2D eigenvalue weighted by molar-refractivity contribution is 5.52. The van der Waals surface area contributed by atoms with Gasteiger partial charge in [-0.25, -0.2) is 0 Å². The normalized spacial score (nSPS) is 13.5. The number of hydrogen-bond donors (Lipinski definition) is 1. The summed E-state index contributed by atoms with van der Waals surface area (Å²) >= 11 is 0. The summed E-state index contributed by atoms with van der Waals surface area (Å²) in [5.41, 5.74) is 10.6. The largest absolute Gasteiger partial charge is 0.491 e. The molecule has 116 valence electrons. The minimum absolute atomic E-state index is 0.692. The van der Waals surface area contributed by atoms with E-state index in [2.05, 4.69) is 30.1 Å². The second kappa shape index (κ2) is 6.73. The van der Waals surface area contributed by atoms with Crippen LogP contribution in [0.5, 0.6) is 5.75 Å². The van der Waals surface area contributed by atoms with Crippen molar-refractivity contribution in [1.29, 1.82) is 0 Å². The number of ether oxygens (including phenoxy) is 1. The molecule has 0 saturated heterocycles. The number of nitrogen functional groups attached to an aromatic ring is 1. The first kappa shape index (κ1) is 14.8. The average molecular weight is 296 g/mol. The first-order valence-electron chi connectivity index (χ1n) is 8.04. The molecule has 0 bridgehead atoms. The van der Waals surface area contributed by atoms with Gasteiger partial charge in [-0.1, -0.05) is 12.1 Å². The predicted octanol–water partition coefficient (Wildman–Crippen LogP) is 3.66. The molecule has 2 aromatic carbocycles. The molecule has 2 N–H and O–H groups in total. The third-order valence-corrected chi connectivity index (χ3v) is 4.37. The van der Waals surface area contributed by atoms with Crippen LogP contribution in [0.1, 0.15) is 24.0 Å². The van der Waals surface area contributed by atoms with Gasteiger partial charge in [-0.15, -0.1) is 0 Å². The summed E-state index contributed by atoms with van der Waals surface area (Å²) in [6, 6.07) is 14.4. The van der Waals surface area contributed by atoms with E-state index in [0.29, 0.717) is 6.61 Å². The Morgan fingerprint density at radius 3 is 2.64 bits per heavy atom. The van der Waals surface area contributed by atoms with Gasteiger partial charge < -0.3 is 15.4 Å². The minimum Gasteiger partial charge on any atom is -0.491 e. The zero-order chi connectivity index (χ0) is 15.4. The van der Waals surface area contributed by atoms with Crippen LogP contribution in [0.25, 0.3) is 0 Å². The quantitative estimate of drug-likeness (QED) is 0.856. The number of anilines is 2. The van der Waals surface area contributed by atoms with E-state index < -0.39 is 0 Å². The molecule has 0 unspecified atom stereocenters. The Labute approximate surface area is 132 Å². The number of hydrogen-bond acceptors (Lipinski definition) is 3. The summed E-state index contributed by atoms with van der Waals surface area (Å²) in [4.78, 5) is 2.19. The van der Waals surface area contributed by atoms with E-state index in [1.165, 1.54) is 30.4 Å². The summed E-state index contributed by atoms with van der Waals surface area (Å²) in [5.74, 6) is 1.07. The second-order valence-electron chi connectivity index (χ2n) is 5.96. The van der Waals surface area contributed by atoms with Crippen LogP contribution in [-0.2, 0) is 12.8 Å². The molecule has 0 aliphatic heterocycles. The summed E-state index contributed by atoms with van der Waals surface area (Å²) in [7, 11) is 2.08. The highest BCUT2D eigenvalue weighted by Gasteiger charge is 2.13. The van der Waals surface area contributed by atoms with Crippen molar-refractivity contribution in [2.24, 2.45) is 0 Å². The lowest BCUT2D eigenvalue weighted by Gasteiger charge is -2.22. The van der Waals surface area contributed by atoms with Crippen LogP contribution in [0.4, 0.5) is 11.4 Å². The van der Waals surface area contributed by atoms with Gasteiger partial charge in [-0.2, -0.15) is 0 Å². The highest BCUT2D eigenvalue weighted by atomic mass is 16.5. The van der Waals surface area contributed by atoms with Crippen molar-refractivity contribution in [2.45, 2.75) is 25.7 Å². The van der Waals surface area contributed by atoms with Gasteiger partial charge in [-0.05, 0) is 67.1 Å². The number of aryl methyl sites for hydroxylation is 1. The van der Waals surface area contributed by atoms with Gasteiger partial charge in [0.2, 0.25) is 0 Å².